The molecular formula is C38H24N2. The van der Waals surface area contributed by atoms with Crippen LogP contribution < -0.4 is 0 Å². The first kappa shape index (κ1) is 21.6. The van der Waals surface area contributed by atoms with E-state index >= 15 is 0 Å². The largest absolute Gasteiger partial charge is 0.309 e. The summed E-state index contributed by atoms with van der Waals surface area (Å²) < 4.78 is 4.90. The number of nitrogens with zero attached hydrogens (tertiary/aromatic N) is 2. The summed E-state index contributed by atoms with van der Waals surface area (Å²) in [5, 5.41) is 10.1. The van der Waals surface area contributed by atoms with Crippen LogP contribution in [0.15, 0.2) is 146 Å². The number of hydrogen-bond donors (Lipinski definition) is 0. The minimum absolute atomic E-state index is 1.18. The van der Waals surface area contributed by atoms with Crippen LogP contribution in [0, 0.1) is 0 Å². The standard InChI is InChI=1S/C38H24N2/c1-3-11-27-23-29(19-17-25(27)9-1)39-35-16-8-6-14-33(35)37-36(39)22-21-32-31-13-5-7-15-34(31)40(38(32)37)30-20-18-26-10-2-4-12-28(26)24-30/h1-24H. The van der Waals surface area contributed by atoms with E-state index in [4.69, 9.17) is 0 Å². The van der Waals surface area contributed by atoms with Gasteiger partial charge in [-0.1, -0.05) is 103 Å². The molecule has 2 aromatic heterocycles. The highest BCUT2D eigenvalue weighted by molar-refractivity contribution is 6.26. The predicted molar refractivity (Wildman–Crippen MR) is 170 cm³/mol. The SMILES string of the molecule is c1ccc2cc(-n3c4ccccc4c4c3ccc3c5ccccc5n(-c5ccc6ccccc6c5)c34)ccc2c1. The molecule has 0 bridgehead atoms. The highest BCUT2D eigenvalue weighted by atomic mass is 15.0. The second-order valence-electron chi connectivity index (χ2n) is 10.6. The lowest BCUT2D eigenvalue weighted by Crippen LogP contribution is -1.95. The zero-order valence-corrected chi connectivity index (χ0v) is 21.8. The van der Waals surface area contributed by atoms with Crippen LogP contribution >= 0.6 is 0 Å². The molecule has 0 saturated carbocycles. The van der Waals surface area contributed by atoms with Crippen molar-refractivity contribution < 1.29 is 0 Å². The van der Waals surface area contributed by atoms with E-state index in [-0.39, 0.29) is 0 Å². The molecule has 2 heterocycles. The molecule has 0 unspecified atom stereocenters. The molecule has 0 aliphatic rings. The Hall–Kier alpha value is -5.34. The van der Waals surface area contributed by atoms with E-state index in [1.54, 1.807) is 0 Å². The van der Waals surface area contributed by atoms with Gasteiger partial charge in [0.15, 0.2) is 0 Å². The quantitative estimate of drug-likeness (QED) is 0.220. The number of benzene rings is 7. The Balaban J connectivity index is 1.47. The number of fused-ring (bicyclic) bond motifs is 9. The molecule has 9 rings (SSSR count). The molecule has 0 fully saturated rings. The van der Waals surface area contributed by atoms with E-state index < -0.39 is 0 Å². The maximum absolute atomic E-state index is 2.47. The van der Waals surface area contributed by atoms with Gasteiger partial charge < -0.3 is 9.13 Å². The predicted octanol–water partition coefficient (Wildman–Crippen LogP) is 10.2. The summed E-state index contributed by atoms with van der Waals surface area (Å²) >= 11 is 0. The fourth-order valence-electron chi connectivity index (χ4n) is 6.69. The lowest BCUT2D eigenvalue weighted by molar-refractivity contribution is 1.18. The van der Waals surface area contributed by atoms with Crippen LogP contribution in [0.3, 0.4) is 0 Å². The summed E-state index contributed by atoms with van der Waals surface area (Å²) in [4.78, 5) is 0. The van der Waals surface area contributed by atoms with Crippen LogP contribution in [0.2, 0.25) is 0 Å². The van der Waals surface area contributed by atoms with E-state index in [9.17, 15) is 0 Å². The summed E-state index contributed by atoms with van der Waals surface area (Å²) in [6, 6.07) is 53.1. The first-order valence-electron chi connectivity index (χ1n) is 13.8. The fraction of sp³-hybridized carbons (Fsp3) is 0. The van der Waals surface area contributed by atoms with Crippen molar-refractivity contribution in [2.75, 3.05) is 0 Å². The summed E-state index contributed by atoms with van der Waals surface area (Å²) in [5.41, 5.74) is 7.27. The van der Waals surface area contributed by atoms with Crippen molar-refractivity contribution in [1.82, 2.24) is 9.13 Å². The van der Waals surface area contributed by atoms with E-state index in [2.05, 4.69) is 155 Å². The highest BCUT2D eigenvalue weighted by Gasteiger charge is 2.20. The third-order valence-electron chi connectivity index (χ3n) is 8.45. The van der Waals surface area contributed by atoms with Gasteiger partial charge in [0.25, 0.3) is 0 Å². The molecule has 9 aromatic rings. The third kappa shape index (κ3) is 2.93. The Morgan fingerprint density at radius 3 is 1.52 bits per heavy atom. The number of rotatable bonds is 2. The molecule has 0 radical (unpaired) electrons. The van der Waals surface area contributed by atoms with E-state index in [1.165, 1.54) is 76.5 Å². The van der Waals surface area contributed by atoms with Gasteiger partial charge in [-0.15, -0.1) is 0 Å². The van der Waals surface area contributed by atoms with Crippen LogP contribution in [0.1, 0.15) is 0 Å². The van der Waals surface area contributed by atoms with Gasteiger partial charge in [0.05, 0.1) is 22.1 Å². The summed E-state index contributed by atoms with van der Waals surface area (Å²) in [7, 11) is 0. The molecule has 0 amide bonds. The molecule has 2 nitrogen and oxygen atoms in total. The molecule has 0 aliphatic carbocycles. The Morgan fingerprint density at radius 1 is 0.325 bits per heavy atom. The number of para-hydroxylation sites is 2. The first-order chi connectivity index (χ1) is 19.8. The average Bonchev–Trinajstić information content (AvgIpc) is 3.53. The average molecular weight is 509 g/mol. The topological polar surface area (TPSA) is 9.86 Å². The third-order valence-corrected chi connectivity index (χ3v) is 8.45. The zero-order chi connectivity index (χ0) is 26.2. The fourth-order valence-corrected chi connectivity index (χ4v) is 6.69. The summed E-state index contributed by atoms with van der Waals surface area (Å²) in [6.45, 7) is 0. The highest BCUT2D eigenvalue weighted by Crippen LogP contribution is 2.42. The molecule has 2 heteroatoms. The van der Waals surface area contributed by atoms with Gasteiger partial charge >= 0.3 is 0 Å². The lowest BCUT2D eigenvalue weighted by atomic mass is 10.1. The van der Waals surface area contributed by atoms with Crippen LogP contribution in [-0.4, -0.2) is 9.13 Å². The Morgan fingerprint density at radius 2 is 0.850 bits per heavy atom. The summed E-state index contributed by atoms with van der Waals surface area (Å²) in [6.07, 6.45) is 0. The number of aromatic nitrogens is 2. The van der Waals surface area contributed by atoms with E-state index in [0.29, 0.717) is 0 Å². The maximum atomic E-state index is 2.47. The van der Waals surface area contributed by atoms with Gasteiger partial charge in [-0.3, -0.25) is 0 Å². The van der Waals surface area contributed by atoms with Gasteiger partial charge in [0.1, 0.15) is 0 Å². The molecular weight excluding hydrogens is 484 g/mol. The Bertz CT molecular complexity index is 2440. The minimum Gasteiger partial charge on any atom is -0.309 e. The van der Waals surface area contributed by atoms with Crippen molar-refractivity contribution in [3.8, 4) is 11.4 Å². The van der Waals surface area contributed by atoms with Gasteiger partial charge in [0, 0.05) is 32.9 Å². The minimum atomic E-state index is 1.18. The molecule has 0 aliphatic heterocycles. The maximum Gasteiger partial charge on any atom is 0.0641 e. The molecule has 0 saturated heterocycles. The van der Waals surface area contributed by atoms with Crippen molar-refractivity contribution in [1.29, 1.82) is 0 Å². The zero-order valence-electron chi connectivity index (χ0n) is 21.8. The van der Waals surface area contributed by atoms with Gasteiger partial charge in [-0.25, -0.2) is 0 Å². The van der Waals surface area contributed by atoms with Crippen molar-refractivity contribution in [2.24, 2.45) is 0 Å². The Labute approximate surface area is 230 Å². The van der Waals surface area contributed by atoms with Crippen molar-refractivity contribution in [3.05, 3.63) is 146 Å². The van der Waals surface area contributed by atoms with Crippen LogP contribution in [-0.2, 0) is 0 Å². The molecule has 186 valence electrons. The monoisotopic (exact) mass is 508 g/mol. The molecule has 7 aromatic carbocycles. The van der Waals surface area contributed by atoms with Crippen molar-refractivity contribution in [3.63, 3.8) is 0 Å². The molecule has 0 N–H and O–H groups in total. The smallest absolute Gasteiger partial charge is 0.0641 e. The van der Waals surface area contributed by atoms with Gasteiger partial charge in [-0.05, 0) is 64.0 Å². The lowest BCUT2D eigenvalue weighted by Gasteiger charge is -2.11. The molecule has 0 spiro atoms. The van der Waals surface area contributed by atoms with Crippen molar-refractivity contribution >= 4 is 65.2 Å². The normalized spacial score (nSPS) is 12.0. The van der Waals surface area contributed by atoms with Crippen LogP contribution in [0.25, 0.3) is 76.5 Å². The van der Waals surface area contributed by atoms with E-state index in [1.807, 2.05) is 0 Å². The molecule has 40 heavy (non-hydrogen) atoms. The first-order valence-corrected chi connectivity index (χ1v) is 13.8. The van der Waals surface area contributed by atoms with Gasteiger partial charge in [0.2, 0.25) is 0 Å². The number of hydrogen-bond acceptors (Lipinski definition) is 0. The summed E-state index contributed by atoms with van der Waals surface area (Å²) in [5.74, 6) is 0. The Kier molecular flexibility index (Phi) is 4.36. The van der Waals surface area contributed by atoms with E-state index in [0.717, 1.165) is 0 Å². The van der Waals surface area contributed by atoms with Gasteiger partial charge in [-0.2, -0.15) is 0 Å². The molecule has 0 atom stereocenters. The van der Waals surface area contributed by atoms with Crippen molar-refractivity contribution in [2.45, 2.75) is 0 Å². The second-order valence-corrected chi connectivity index (χ2v) is 10.6. The second kappa shape index (κ2) is 8.08. The van der Waals surface area contributed by atoms with Crippen LogP contribution in [0.4, 0.5) is 0 Å². The van der Waals surface area contributed by atoms with Crippen LogP contribution in [0.5, 0.6) is 0 Å².